The van der Waals surface area contributed by atoms with Gasteiger partial charge < -0.3 is 8.53 Å². The molecule has 0 aromatic heterocycles. The topological polar surface area (TPSA) is 9.23 Å². The Hall–Kier alpha value is -0.166. The molecule has 0 heterocycles. The van der Waals surface area contributed by atoms with E-state index in [1.807, 2.05) is 0 Å². The Morgan fingerprint density at radius 2 is 1.67 bits per heavy atom. The van der Waals surface area contributed by atoms with Crippen molar-refractivity contribution in [3.63, 3.8) is 0 Å². The van der Waals surface area contributed by atoms with Gasteiger partial charge in [-0.25, -0.2) is 0 Å². The van der Waals surface area contributed by atoms with E-state index in [0.29, 0.717) is 6.04 Å². The lowest BCUT2D eigenvalue weighted by molar-refractivity contribution is 0.412. The molecule has 72 valence electrons. The number of halogens is 2. The first kappa shape index (κ1) is 11.8. The van der Waals surface area contributed by atoms with Crippen LogP contribution in [0.4, 0.5) is 8.22 Å². The van der Waals surface area contributed by atoms with Crippen LogP contribution in [0.25, 0.3) is 0 Å². The molecule has 0 radical (unpaired) electrons. The van der Waals surface area contributed by atoms with Gasteiger partial charge in [0, 0.05) is 0 Å². The number of rotatable bonds is 4. The maximum atomic E-state index is 13.0. The number of allylic oxidation sites excluding steroid dienone is 1. The van der Waals surface area contributed by atoms with Crippen LogP contribution in [0.5, 0.6) is 0 Å². The predicted molar refractivity (Wildman–Crippen MR) is 52.2 cm³/mol. The minimum absolute atomic E-state index is 0.386. The third-order valence-corrected chi connectivity index (χ3v) is 2.95. The first-order valence-electron chi connectivity index (χ1n) is 3.91. The number of hydrogen-bond acceptors (Lipinski definition) is 1. The molecule has 0 aliphatic rings. The first-order valence-corrected chi connectivity index (χ1v) is 9.78. The molecule has 0 saturated carbocycles. The molecular formula is C7H16F2OSi2. The molecule has 0 aromatic carbocycles. The third-order valence-electron chi connectivity index (χ3n) is 1.05. The van der Waals surface area contributed by atoms with Gasteiger partial charge in [-0.05, 0) is 32.2 Å². The van der Waals surface area contributed by atoms with Crippen LogP contribution in [-0.2, 0) is 4.43 Å². The molecule has 0 amide bonds. The Morgan fingerprint density at radius 3 is 2.00 bits per heavy atom. The lowest BCUT2D eigenvalue weighted by Gasteiger charge is -2.10. The Morgan fingerprint density at radius 1 is 1.17 bits per heavy atom. The van der Waals surface area contributed by atoms with E-state index in [2.05, 4.69) is 0 Å². The maximum absolute atomic E-state index is 13.0. The lowest BCUT2D eigenvalue weighted by atomic mass is 10.7. The van der Waals surface area contributed by atoms with Crippen molar-refractivity contribution >= 4 is 17.1 Å². The van der Waals surface area contributed by atoms with Crippen LogP contribution in [0, 0.1) is 0 Å². The maximum Gasteiger partial charge on any atom is 0.434 e. The molecule has 0 aliphatic carbocycles. The largest absolute Gasteiger partial charge is 0.525 e. The van der Waals surface area contributed by atoms with Crippen LogP contribution >= 0.6 is 0 Å². The Labute approximate surface area is 74.9 Å². The molecule has 0 aromatic rings. The van der Waals surface area contributed by atoms with Crippen molar-refractivity contribution in [2.24, 2.45) is 0 Å². The third kappa shape index (κ3) is 9.83. The van der Waals surface area contributed by atoms with Gasteiger partial charge in [0.1, 0.15) is 0 Å². The minimum atomic E-state index is -2.95. The Kier molecular flexibility index (Phi) is 4.12. The van der Waals surface area contributed by atoms with E-state index >= 15 is 0 Å². The van der Waals surface area contributed by atoms with Gasteiger partial charge in [-0.2, -0.15) is 0 Å². The van der Waals surface area contributed by atoms with E-state index in [9.17, 15) is 8.22 Å². The summed E-state index contributed by atoms with van der Waals surface area (Å²) in [5.74, 6) is 0. The zero-order valence-electron chi connectivity index (χ0n) is 8.03. The molecule has 0 unspecified atom stereocenters. The average molecular weight is 210 g/mol. The zero-order valence-corrected chi connectivity index (χ0v) is 10.0. The molecular weight excluding hydrogens is 194 g/mol. The highest BCUT2D eigenvalue weighted by atomic mass is 28.4. The summed E-state index contributed by atoms with van der Waals surface area (Å²) in [4.78, 5) is 0. The Bertz CT molecular complexity index is 140. The number of hydrogen-bond donors (Lipinski definition) is 0. The summed E-state index contributed by atoms with van der Waals surface area (Å²) in [7, 11) is -5.47. The minimum Gasteiger partial charge on any atom is -0.525 e. The summed E-state index contributed by atoms with van der Waals surface area (Å²) in [5.41, 5.74) is 0. The first-order chi connectivity index (χ1) is 5.21. The van der Waals surface area contributed by atoms with Gasteiger partial charge in [0.25, 0.3) is 0 Å². The smallest absolute Gasteiger partial charge is 0.434 e. The van der Waals surface area contributed by atoms with Crippen molar-refractivity contribution < 1.29 is 12.6 Å². The summed E-state index contributed by atoms with van der Waals surface area (Å²) >= 11 is 0. The van der Waals surface area contributed by atoms with Crippen molar-refractivity contribution in [2.45, 2.75) is 32.2 Å². The van der Waals surface area contributed by atoms with E-state index in [4.69, 9.17) is 4.43 Å². The van der Waals surface area contributed by atoms with Crippen LogP contribution < -0.4 is 0 Å². The highest BCUT2D eigenvalue weighted by Gasteiger charge is 2.22. The molecule has 0 fully saturated rings. The van der Waals surface area contributed by atoms with Crippen molar-refractivity contribution in [3.05, 3.63) is 12.3 Å². The van der Waals surface area contributed by atoms with Gasteiger partial charge in [-0.3, -0.25) is 4.11 Å². The molecule has 0 spiro atoms. The van der Waals surface area contributed by atoms with Crippen LogP contribution in [0.3, 0.4) is 0 Å². The standard InChI is InChI=1S/C7H16F2OSi2/c1-11(2,8)7-5-6-10-12(3,4)9/h5-6H,7H2,1-4H3/b6-5-. The molecule has 1 nitrogen and oxygen atoms in total. The SMILES string of the molecule is C[Si](C)(F)C/C=C\O[Si](C)(C)F. The second kappa shape index (κ2) is 4.18. The van der Waals surface area contributed by atoms with Crippen LogP contribution in [0.15, 0.2) is 12.3 Å². The van der Waals surface area contributed by atoms with Crippen molar-refractivity contribution in [1.82, 2.24) is 0 Å². The molecule has 0 rings (SSSR count). The van der Waals surface area contributed by atoms with E-state index in [0.717, 1.165) is 0 Å². The monoisotopic (exact) mass is 210 g/mol. The van der Waals surface area contributed by atoms with Crippen LogP contribution in [0.1, 0.15) is 0 Å². The van der Waals surface area contributed by atoms with Crippen LogP contribution in [-0.4, -0.2) is 17.1 Å². The van der Waals surface area contributed by atoms with Gasteiger partial charge in [0.05, 0.1) is 6.26 Å². The fourth-order valence-electron chi connectivity index (χ4n) is 0.538. The van der Waals surface area contributed by atoms with Crippen molar-refractivity contribution in [1.29, 1.82) is 0 Å². The fourth-order valence-corrected chi connectivity index (χ4v) is 1.61. The zero-order chi connectivity index (χ0) is 9.83. The molecule has 0 bridgehead atoms. The molecule has 12 heavy (non-hydrogen) atoms. The quantitative estimate of drug-likeness (QED) is 0.393. The van der Waals surface area contributed by atoms with Gasteiger partial charge in [0.2, 0.25) is 8.41 Å². The van der Waals surface area contributed by atoms with Crippen molar-refractivity contribution in [2.75, 3.05) is 0 Å². The molecule has 0 N–H and O–H groups in total. The summed E-state index contributed by atoms with van der Waals surface area (Å²) in [6, 6.07) is 0.386. The van der Waals surface area contributed by atoms with E-state index in [-0.39, 0.29) is 0 Å². The normalized spacial score (nSPS) is 13.8. The van der Waals surface area contributed by atoms with Crippen LogP contribution in [0.2, 0.25) is 32.2 Å². The lowest BCUT2D eigenvalue weighted by Crippen LogP contribution is -2.21. The molecule has 0 saturated heterocycles. The highest BCUT2D eigenvalue weighted by Crippen LogP contribution is 2.12. The molecule has 0 atom stereocenters. The average Bonchev–Trinajstić information content (AvgIpc) is 1.76. The molecule has 0 aliphatic heterocycles. The Balaban J connectivity index is 3.66. The van der Waals surface area contributed by atoms with Gasteiger partial charge in [-0.15, -0.1) is 0 Å². The molecule has 5 heteroatoms. The van der Waals surface area contributed by atoms with E-state index in [1.165, 1.54) is 19.4 Å². The fraction of sp³-hybridized carbons (Fsp3) is 0.714. The highest BCUT2D eigenvalue weighted by molar-refractivity contribution is 6.70. The summed E-state index contributed by atoms with van der Waals surface area (Å²) in [6.45, 7) is 6.09. The summed E-state index contributed by atoms with van der Waals surface area (Å²) in [5, 5.41) is 0. The van der Waals surface area contributed by atoms with Gasteiger partial charge >= 0.3 is 8.65 Å². The second-order valence-corrected chi connectivity index (χ2v) is 10.6. The van der Waals surface area contributed by atoms with E-state index in [1.54, 1.807) is 19.2 Å². The van der Waals surface area contributed by atoms with Gasteiger partial charge in [0.15, 0.2) is 0 Å². The second-order valence-electron chi connectivity index (χ2n) is 3.78. The summed E-state index contributed by atoms with van der Waals surface area (Å²) < 4.78 is 30.5. The van der Waals surface area contributed by atoms with E-state index < -0.39 is 17.1 Å². The predicted octanol–water partition coefficient (Wildman–Crippen LogP) is 3.36. The summed E-state index contributed by atoms with van der Waals surface area (Å²) in [6.07, 6.45) is 2.86. The van der Waals surface area contributed by atoms with Crippen molar-refractivity contribution in [3.8, 4) is 0 Å². The van der Waals surface area contributed by atoms with Gasteiger partial charge in [-0.1, -0.05) is 6.08 Å².